The van der Waals surface area contributed by atoms with Crippen molar-refractivity contribution in [3.05, 3.63) is 94.6 Å². The van der Waals surface area contributed by atoms with Crippen LogP contribution in [0.1, 0.15) is 36.1 Å². The van der Waals surface area contributed by atoms with Crippen molar-refractivity contribution in [2.75, 3.05) is 10.2 Å². The number of carbonyl (C=O) groups is 3. The quantitative estimate of drug-likeness (QED) is 0.470. The second-order valence-electron chi connectivity index (χ2n) is 7.14. The second-order valence-corrected chi connectivity index (χ2v) is 8.14. The topological polar surface area (TPSA) is 92.3 Å². The number of carbonyl (C=O) groups excluding carboxylic acids is 3. The average molecular weight is 440 g/mol. The maximum absolute atomic E-state index is 12.9. The van der Waals surface area contributed by atoms with Crippen LogP contribution in [0, 0.1) is 6.92 Å². The molecule has 0 radical (unpaired) electrons. The van der Waals surface area contributed by atoms with Crippen LogP contribution in [0.25, 0.3) is 10.7 Å². The van der Waals surface area contributed by atoms with Gasteiger partial charge < -0.3 is 5.32 Å². The minimum atomic E-state index is -0.382. The third-order valence-corrected chi connectivity index (χ3v) is 6.22. The van der Waals surface area contributed by atoms with Crippen LogP contribution in [0.15, 0.2) is 72.9 Å². The Kier molecular flexibility index (Phi) is 4.84. The number of benzene rings is 2. The standard InChI is InChI=1S/C24H16N4O3S/c1-14-20(32-22(26-14)19-11-4-5-12-25-19)21(29)27-15-7-6-8-16(13-15)28-23(30)17-9-2-3-10-18(17)24(28)31/h2-13H,1H3,(H,27,29). The number of aryl methyl sites for hydroxylation is 1. The van der Waals surface area contributed by atoms with Gasteiger partial charge in [-0.1, -0.05) is 24.3 Å². The minimum absolute atomic E-state index is 0.318. The smallest absolute Gasteiger partial charge is 0.267 e. The molecular formula is C24H16N4O3S. The number of nitrogens with one attached hydrogen (secondary N) is 1. The summed E-state index contributed by atoms with van der Waals surface area (Å²) in [4.78, 5) is 48.7. The first-order valence-corrected chi connectivity index (χ1v) is 10.6. The van der Waals surface area contributed by atoms with Crippen molar-refractivity contribution in [1.82, 2.24) is 9.97 Å². The van der Waals surface area contributed by atoms with Gasteiger partial charge in [-0.05, 0) is 49.4 Å². The Hall–Kier alpha value is -4.17. The molecule has 5 rings (SSSR count). The molecule has 7 nitrogen and oxygen atoms in total. The third-order valence-electron chi connectivity index (χ3n) is 5.04. The summed E-state index contributed by atoms with van der Waals surface area (Å²) in [6.07, 6.45) is 1.68. The van der Waals surface area contributed by atoms with Crippen molar-refractivity contribution in [3.63, 3.8) is 0 Å². The number of hydrogen-bond donors (Lipinski definition) is 1. The van der Waals surface area contributed by atoms with Crippen molar-refractivity contribution in [2.45, 2.75) is 6.92 Å². The fourth-order valence-electron chi connectivity index (χ4n) is 3.54. The first-order chi connectivity index (χ1) is 15.5. The van der Waals surface area contributed by atoms with E-state index in [1.165, 1.54) is 11.3 Å². The maximum atomic E-state index is 12.9. The lowest BCUT2D eigenvalue weighted by Gasteiger charge is -2.15. The third kappa shape index (κ3) is 3.36. The van der Waals surface area contributed by atoms with Crippen molar-refractivity contribution in [3.8, 4) is 10.7 Å². The Morgan fingerprint density at radius 2 is 1.66 bits per heavy atom. The van der Waals surface area contributed by atoms with Gasteiger partial charge in [-0.15, -0.1) is 11.3 Å². The van der Waals surface area contributed by atoms with Crippen molar-refractivity contribution in [1.29, 1.82) is 0 Å². The van der Waals surface area contributed by atoms with Crippen LogP contribution in [-0.4, -0.2) is 27.7 Å². The molecule has 2 aromatic carbocycles. The largest absolute Gasteiger partial charge is 0.321 e. The Morgan fingerprint density at radius 1 is 0.938 bits per heavy atom. The van der Waals surface area contributed by atoms with E-state index in [1.54, 1.807) is 61.7 Å². The molecule has 4 aromatic rings. The van der Waals surface area contributed by atoms with Gasteiger partial charge in [-0.25, -0.2) is 9.88 Å². The van der Waals surface area contributed by atoms with E-state index in [9.17, 15) is 14.4 Å². The predicted octanol–water partition coefficient (Wildman–Crippen LogP) is 4.57. The van der Waals surface area contributed by atoms with Gasteiger partial charge >= 0.3 is 0 Å². The van der Waals surface area contributed by atoms with Crippen LogP contribution in [-0.2, 0) is 0 Å². The summed E-state index contributed by atoms with van der Waals surface area (Å²) in [5.74, 6) is -1.08. The highest BCUT2D eigenvalue weighted by molar-refractivity contribution is 7.17. The van der Waals surface area contributed by atoms with Crippen LogP contribution >= 0.6 is 11.3 Å². The lowest BCUT2D eigenvalue weighted by molar-refractivity contribution is 0.0925. The molecule has 0 spiro atoms. The molecule has 0 saturated heterocycles. The fraction of sp³-hybridized carbons (Fsp3) is 0.0417. The number of thiazole rings is 1. The molecule has 2 aromatic heterocycles. The molecule has 1 aliphatic heterocycles. The van der Waals surface area contributed by atoms with E-state index in [2.05, 4.69) is 15.3 Å². The fourth-order valence-corrected chi connectivity index (χ4v) is 4.48. The van der Waals surface area contributed by atoms with Crippen molar-refractivity contribution >= 4 is 40.4 Å². The average Bonchev–Trinajstić information content (AvgIpc) is 3.32. The van der Waals surface area contributed by atoms with E-state index in [0.717, 1.165) is 4.90 Å². The molecule has 0 atom stereocenters. The van der Waals surface area contributed by atoms with E-state index in [4.69, 9.17) is 0 Å². The number of imide groups is 1. The lowest BCUT2D eigenvalue weighted by atomic mass is 10.1. The predicted molar refractivity (Wildman–Crippen MR) is 122 cm³/mol. The molecule has 0 bridgehead atoms. The van der Waals surface area contributed by atoms with E-state index < -0.39 is 0 Å². The summed E-state index contributed by atoms with van der Waals surface area (Å²) in [6, 6.07) is 18.9. The molecule has 8 heteroatoms. The summed E-state index contributed by atoms with van der Waals surface area (Å²) in [5.41, 5.74) is 2.90. The molecule has 0 saturated carbocycles. The Labute approximate surface area is 187 Å². The van der Waals surface area contributed by atoms with Gasteiger partial charge in [0.25, 0.3) is 17.7 Å². The van der Waals surface area contributed by atoms with Crippen molar-refractivity contribution in [2.24, 2.45) is 0 Å². The number of rotatable bonds is 4. The zero-order valence-corrected chi connectivity index (χ0v) is 17.7. The van der Waals surface area contributed by atoms with Crippen molar-refractivity contribution < 1.29 is 14.4 Å². The number of hydrogen-bond acceptors (Lipinski definition) is 6. The molecule has 3 amide bonds. The van der Waals surface area contributed by atoms with E-state index in [1.807, 2.05) is 18.2 Å². The van der Waals surface area contributed by atoms with Crippen LogP contribution in [0.3, 0.4) is 0 Å². The zero-order valence-electron chi connectivity index (χ0n) is 16.9. The highest BCUT2D eigenvalue weighted by Gasteiger charge is 2.36. The van der Waals surface area contributed by atoms with Gasteiger partial charge in [0.2, 0.25) is 0 Å². The van der Waals surface area contributed by atoms with E-state index >= 15 is 0 Å². The van der Waals surface area contributed by atoms with E-state index in [-0.39, 0.29) is 17.7 Å². The minimum Gasteiger partial charge on any atom is -0.321 e. The van der Waals surface area contributed by atoms with Gasteiger partial charge in [-0.3, -0.25) is 19.4 Å². The molecule has 0 fully saturated rings. The number of anilines is 2. The van der Waals surface area contributed by atoms with Gasteiger partial charge in [0.05, 0.1) is 28.2 Å². The monoisotopic (exact) mass is 440 g/mol. The highest BCUT2D eigenvalue weighted by atomic mass is 32.1. The maximum Gasteiger partial charge on any atom is 0.267 e. The van der Waals surface area contributed by atoms with Crippen LogP contribution in [0.5, 0.6) is 0 Å². The van der Waals surface area contributed by atoms with E-state index in [0.29, 0.717) is 43.8 Å². The SMILES string of the molecule is Cc1nc(-c2ccccn2)sc1C(=O)Nc1cccc(N2C(=O)c3ccccc3C2=O)c1. The van der Waals surface area contributed by atoms with Crippen LogP contribution in [0.4, 0.5) is 11.4 Å². The number of amides is 3. The molecule has 3 heterocycles. The van der Waals surface area contributed by atoms with Gasteiger partial charge in [0.1, 0.15) is 9.88 Å². The second kappa shape index (κ2) is 7.82. The van der Waals surface area contributed by atoms with Gasteiger partial charge in [0.15, 0.2) is 0 Å². The summed E-state index contributed by atoms with van der Waals surface area (Å²) in [7, 11) is 0. The number of nitrogens with zero attached hydrogens (tertiary/aromatic N) is 3. The normalized spacial score (nSPS) is 12.7. The summed E-state index contributed by atoms with van der Waals surface area (Å²) >= 11 is 1.26. The first-order valence-electron chi connectivity index (χ1n) is 9.81. The molecule has 0 aliphatic carbocycles. The summed E-state index contributed by atoms with van der Waals surface area (Å²) < 4.78 is 0. The number of aromatic nitrogens is 2. The molecular weight excluding hydrogens is 424 g/mol. The lowest BCUT2D eigenvalue weighted by Crippen LogP contribution is -2.29. The molecule has 1 N–H and O–H groups in total. The Bertz CT molecular complexity index is 1350. The number of pyridine rings is 1. The molecule has 1 aliphatic rings. The number of fused-ring (bicyclic) bond motifs is 1. The van der Waals surface area contributed by atoms with Gasteiger partial charge in [-0.2, -0.15) is 0 Å². The summed E-state index contributed by atoms with van der Waals surface area (Å²) in [5, 5.41) is 3.50. The molecule has 156 valence electrons. The highest BCUT2D eigenvalue weighted by Crippen LogP contribution is 2.31. The zero-order chi connectivity index (χ0) is 22.2. The summed E-state index contributed by atoms with van der Waals surface area (Å²) in [6.45, 7) is 1.77. The Balaban J connectivity index is 1.40. The van der Waals surface area contributed by atoms with Crippen LogP contribution in [0.2, 0.25) is 0 Å². The molecule has 0 unspecified atom stereocenters. The first kappa shape index (κ1) is 19.8. The molecule has 32 heavy (non-hydrogen) atoms. The Morgan fingerprint density at radius 3 is 2.34 bits per heavy atom. The van der Waals surface area contributed by atoms with Crippen LogP contribution < -0.4 is 10.2 Å². The van der Waals surface area contributed by atoms with Gasteiger partial charge in [0, 0.05) is 11.9 Å².